The third-order valence-electron chi connectivity index (χ3n) is 2.60. The van der Waals surface area contributed by atoms with Gasteiger partial charge in [-0.3, -0.25) is 4.98 Å². The monoisotopic (exact) mass is 207 g/mol. The van der Waals surface area contributed by atoms with Crippen LogP contribution in [-0.2, 0) is 11.3 Å². The molecule has 1 aliphatic heterocycles. The second-order valence-corrected chi connectivity index (χ2v) is 3.63. The fraction of sp³-hybridized carbons (Fsp3) is 0.545. The van der Waals surface area contributed by atoms with Crippen LogP contribution in [0.3, 0.4) is 0 Å². The Labute approximate surface area is 90.3 Å². The molecule has 0 bridgehead atoms. The summed E-state index contributed by atoms with van der Waals surface area (Å²) in [6.07, 6.45) is 3.78. The summed E-state index contributed by atoms with van der Waals surface area (Å²) in [5.41, 5.74) is 2.53. The van der Waals surface area contributed by atoms with Crippen molar-refractivity contribution in [1.82, 2.24) is 10.3 Å². The van der Waals surface area contributed by atoms with Gasteiger partial charge in [0.15, 0.2) is 0 Å². The van der Waals surface area contributed by atoms with E-state index < -0.39 is 0 Å². The van der Waals surface area contributed by atoms with Crippen molar-refractivity contribution in [3.63, 3.8) is 0 Å². The van der Waals surface area contributed by atoms with E-state index >= 15 is 0 Å². The quantitative estimate of drug-likeness (QED) is 0.789. The number of rotatable bonds is 3. The molecule has 4 heteroatoms. The summed E-state index contributed by atoms with van der Waals surface area (Å²) in [5, 5.41) is 3.17. The Morgan fingerprint density at radius 2 is 2.27 bits per heavy atom. The van der Waals surface area contributed by atoms with E-state index in [0.717, 1.165) is 32.8 Å². The lowest BCUT2D eigenvalue weighted by Crippen LogP contribution is -2.37. The first-order valence-corrected chi connectivity index (χ1v) is 5.32. The van der Waals surface area contributed by atoms with Gasteiger partial charge in [0.05, 0.1) is 13.2 Å². The SMILES string of the molecule is CNCc1cnccc1N1CCOCC1. The molecule has 1 aromatic rings. The zero-order valence-corrected chi connectivity index (χ0v) is 9.07. The van der Waals surface area contributed by atoms with E-state index in [1.54, 1.807) is 0 Å². The number of hydrogen-bond acceptors (Lipinski definition) is 4. The second kappa shape index (κ2) is 5.09. The van der Waals surface area contributed by atoms with E-state index in [1.807, 2.05) is 19.4 Å². The molecule has 82 valence electrons. The smallest absolute Gasteiger partial charge is 0.0642 e. The molecule has 0 atom stereocenters. The average molecular weight is 207 g/mol. The summed E-state index contributed by atoms with van der Waals surface area (Å²) in [5.74, 6) is 0. The fourth-order valence-electron chi connectivity index (χ4n) is 1.86. The van der Waals surface area contributed by atoms with Gasteiger partial charge in [-0.1, -0.05) is 0 Å². The highest BCUT2D eigenvalue weighted by atomic mass is 16.5. The highest BCUT2D eigenvalue weighted by Crippen LogP contribution is 2.19. The number of nitrogens with one attached hydrogen (secondary N) is 1. The first-order chi connectivity index (χ1) is 7.42. The van der Waals surface area contributed by atoms with E-state index in [0.29, 0.717) is 0 Å². The highest BCUT2D eigenvalue weighted by Gasteiger charge is 2.13. The van der Waals surface area contributed by atoms with Crippen LogP contribution in [0.1, 0.15) is 5.56 Å². The summed E-state index contributed by atoms with van der Waals surface area (Å²) in [7, 11) is 1.95. The molecule has 1 saturated heterocycles. The fourth-order valence-corrected chi connectivity index (χ4v) is 1.86. The van der Waals surface area contributed by atoms with Crippen molar-refractivity contribution in [3.05, 3.63) is 24.0 Å². The number of ether oxygens (including phenoxy) is 1. The minimum Gasteiger partial charge on any atom is -0.378 e. The van der Waals surface area contributed by atoms with Crippen LogP contribution in [0.5, 0.6) is 0 Å². The van der Waals surface area contributed by atoms with Crippen molar-refractivity contribution in [1.29, 1.82) is 0 Å². The van der Waals surface area contributed by atoms with Gasteiger partial charge < -0.3 is 15.0 Å². The van der Waals surface area contributed by atoms with Crippen LogP contribution in [0.4, 0.5) is 5.69 Å². The third kappa shape index (κ3) is 2.46. The van der Waals surface area contributed by atoms with Crippen molar-refractivity contribution >= 4 is 5.69 Å². The molecule has 0 amide bonds. The molecule has 1 N–H and O–H groups in total. The third-order valence-corrected chi connectivity index (χ3v) is 2.60. The highest BCUT2D eigenvalue weighted by molar-refractivity contribution is 5.52. The first kappa shape index (κ1) is 10.4. The summed E-state index contributed by atoms with van der Waals surface area (Å²) in [4.78, 5) is 6.52. The average Bonchev–Trinajstić information content (AvgIpc) is 2.31. The maximum absolute atomic E-state index is 5.35. The van der Waals surface area contributed by atoms with Crippen molar-refractivity contribution < 1.29 is 4.74 Å². The molecule has 2 rings (SSSR count). The standard InChI is InChI=1S/C11H17N3O/c1-12-8-10-9-13-3-2-11(10)14-4-6-15-7-5-14/h2-3,9,12H,4-8H2,1H3. The molecule has 0 radical (unpaired) electrons. The van der Waals surface area contributed by atoms with Crippen LogP contribution >= 0.6 is 0 Å². The number of anilines is 1. The molecule has 1 aliphatic rings. The summed E-state index contributed by atoms with van der Waals surface area (Å²) in [6.45, 7) is 4.45. The first-order valence-electron chi connectivity index (χ1n) is 5.32. The second-order valence-electron chi connectivity index (χ2n) is 3.63. The van der Waals surface area contributed by atoms with Gasteiger partial charge in [0.25, 0.3) is 0 Å². The normalized spacial score (nSPS) is 16.7. The minimum atomic E-state index is 0.821. The van der Waals surface area contributed by atoms with Gasteiger partial charge >= 0.3 is 0 Å². The molecule has 4 nitrogen and oxygen atoms in total. The van der Waals surface area contributed by atoms with Gasteiger partial charge in [-0.25, -0.2) is 0 Å². The number of aromatic nitrogens is 1. The Morgan fingerprint density at radius 3 is 3.00 bits per heavy atom. The largest absolute Gasteiger partial charge is 0.378 e. The van der Waals surface area contributed by atoms with E-state index in [4.69, 9.17) is 4.74 Å². The molecule has 2 heterocycles. The Morgan fingerprint density at radius 1 is 1.47 bits per heavy atom. The van der Waals surface area contributed by atoms with Crippen LogP contribution in [-0.4, -0.2) is 38.3 Å². The predicted octanol–water partition coefficient (Wildman–Crippen LogP) is 0.638. The van der Waals surface area contributed by atoms with Crippen LogP contribution < -0.4 is 10.2 Å². The number of morpholine rings is 1. The van der Waals surface area contributed by atoms with Crippen molar-refractivity contribution in [3.8, 4) is 0 Å². The Kier molecular flexibility index (Phi) is 3.53. The molecule has 0 saturated carbocycles. The van der Waals surface area contributed by atoms with Crippen molar-refractivity contribution in [2.75, 3.05) is 38.3 Å². The number of pyridine rings is 1. The minimum absolute atomic E-state index is 0.821. The van der Waals surface area contributed by atoms with Gasteiger partial charge in [0.2, 0.25) is 0 Å². The van der Waals surface area contributed by atoms with Crippen LogP contribution in [0.2, 0.25) is 0 Å². The maximum atomic E-state index is 5.35. The molecule has 0 spiro atoms. The zero-order valence-electron chi connectivity index (χ0n) is 9.07. The van der Waals surface area contributed by atoms with E-state index in [1.165, 1.54) is 11.3 Å². The Balaban J connectivity index is 2.17. The van der Waals surface area contributed by atoms with Crippen molar-refractivity contribution in [2.24, 2.45) is 0 Å². The lowest BCUT2D eigenvalue weighted by molar-refractivity contribution is 0.122. The molecule has 1 fully saturated rings. The predicted molar refractivity (Wildman–Crippen MR) is 60.0 cm³/mol. The Hall–Kier alpha value is -1.13. The maximum Gasteiger partial charge on any atom is 0.0642 e. The van der Waals surface area contributed by atoms with E-state index in [-0.39, 0.29) is 0 Å². The van der Waals surface area contributed by atoms with Crippen LogP contribution in [0.15, 0.2) is 18.5 Å². The lowest BCUT2D eigenvalue weighted by atomic mass is 10.2. The molecule has 0 aliphatic carbocycles. The lowest BCUT2D eigenvalue weighted by Gasteiger charge is -2.30. The van der Waals surface area contributed by atoms with Gasteiger partial charge in [0.1, 0.15) is 0 Å². The van der Waals surface area contributed by atoms with Gasteiger partial charge in [0, 0.05) is 43.3 Å². The van der Waals surface area contributed by atoms with E-state index in [2.05, 4.69) is 21.3 Å². The molecule has 15 heavy (non-hydrogen) atoms. The van der Waals surface area contributed by atoms with E-state index in [9.17, 15) is 0 Å². The van der Waals surface area contributed by atoms with Gasteiger partial charge in [-0.05, 0) is 13.1 Å². The summed E-state index contributed by atoms with van der Waals surface area (Å²) < 4.78 is 5.35. The van der Waals surface area contributed by atoms with Gasteiger partial charge in [-0.15, -0.1) is 0 Å². The Bertz CT molecular complexity index is 310. The number of hydrogen-bond donors (Lipinski definition) is 1. The van der Waals surface area contributed by atoms with Crippen LogP contribution in [0, 0.1) is 0 Å². The van der Waals surface area contributed by atoms with Gasteiger partial charge in [-0.2, -0.15) is 0 Å². The van der Waals surface area contributed by atoms with Crippen molar-refractivity contribution in [2.45, 2.75) is 6.54 Å². The summed E-state index contributed by atoms with van der Waals surface area (Å²) in [6, 6.07) is 2.08. The molecule has 1 aromatic heterocycles. The topological polar surface area (TPSA) is 37.4 Å². The molecule has 0 aromatic carbocycles. The molecular formula is C11H17N3O. The zero-order chi connectivity index (χ0) is 10.5. The summed E-state index contributed by atoms with van der Waals surface area (Å²) >= 11 is 0. The van der Waals surface area contributed by atoms with Crippen LogP contribution in [0.25, 0.3) is 0 Å². The number of nitrogens with zero attached hydrogens (tertiary/aromatic N) is 2. The molecule has 0 unspecified atom stereocenters. The molecular weight excluding hydrogens is 190 g/mol.